The van der Waals surface area contributed by atoms with E-state index >= 15 is 0 Å². The van der Waals surface area contributed by atoms with E-state index in [-0.39, 0.29) is 30.3 Å². The minimum absolute atomic E-state index is 0.0498. The molecule has 0 spiro atoms. The van der Waals surface area contributed by atoms with Crippen molar-refractivity contribution in [2.24, 2.45) is 0 Å². The second-order valence-corrected chi connectivity index (χ2v) is 7.28. The predicted molar refractivity (Wildman–Crippen MR) is 114 cm³/mol. The molecule has 2 amide bonds. The first kappa shape index (κ1) is 19.0. The maximum atomic E-state index is 12.4. The number of amides is 2. The number of nitrogens with zero attached hydrogens (tertiary/aromatic N) is 1. The lowest BCUT2D eigenvalue weighted by molar-refractivity contribution is -0.120. The van der Waals surface area contributed by atoms with Gasteiger partial charge in [0.15, 0.2) is 0 Å². The molecule has 4 rings (SSSR count). The van der Waals surface area contributed by atoms with Gasteiger partial charge >= 0.3 is 0 Å². The van der Waals surface area contributed by atoms with Crippen LogP contribution in [0.4, 0.5) is 11.4 Å². The number of H-pyrrole nitrogens is 1. The third kappa shape index (κ3) is 4.25. The second kappa shape index (κ2) is 7.97. The van der Waals surface area contributed by atoms with Crippen LogP contribution in [-0.2, 0) is 16.0 Å². The van der Waals surface area contributed by atoms with Crippen molar-refractivity contribution in [1.82, 2.24) is 10.3 Å². The van der Waals surface area contributed by atoms with Crippen LogP contribution < -0.4 is 21.1 Å². The van der Waals surface area contributed by atoms with Crippen molar-refractivity contribution in [3.05, 3.63) is 69.5 Å². The number of para-hydroxylation sites is 1. The summed E-state index contributed by atoms with van der Waals surface area (Å²) in [5.41, 5.74) is 2.11. The highest BCUT2D eigenvalue weighted by molar-refractivity contribution is 6.33. The Morgan fingerprint density at radius 1 is 1.14 bits per heavy atom. The van der Waals surface area contributed by atoms with Gasteiger partial charge in [0.1, 0.15) is 0 Å². The van der Waals surface area contributed by atoms with Crippen LogP contribution in [-0.4, -0.2) is 36.4 Å². The molecular weight excluding hydrogens is 392 g/mol. The number of benzene rings is 2. The van der Waals surface area contributed by atoms with Crippen LogP contribution in [0.3, 0.4) is 0 Å². The maximum Gasteiger partial charge on any atom is 0.252 e. The summed E-state index contributed by atoms with van der Waals surface area (Å²) in [4.78, 5) is 40.9. The average molecular weight is 411 g/mol. The van der Waals surface area contributed by atoms with Gasteiger partial charge in [0.2, 0.25) is 11.8 Å². The van der Waals surface area contributed by atoms with Gasteiger partial charge in [-0.3, -0.25) is 14.4 Å². The number of pyridine rings is 1. The third-order valence-corrected chi connectivity index (χ3v) is 5.09. The zero-order valence-corrected chi connectivity index (χ0v) is 16.3. The molecule has 148 valence electrons. The maximum absolute atomic E-state index is 12.4. The molecule has 7 nitrogen and oxygen atoms in total. The summed E-state index contributed by atoms with van der Waals surface area (Å²) in [5, 5.41) is 6.85. The Morgan fingerprint density at radius 2 is 1.97 bits per heavy atom. The molecule has 2 heterocycles. The van der Waals surface area contributed by atoms with Gasteiger partial charge in [0, 0.05) is 29.9 Å². The summed E-state index contributed by atoms with van der Waals surface area (Å²) in [6, 6.07) is 14.3. The zero-order valence-electron chi connectivity index (χ0n) is 15.5. The number of anilines is 2. The highest BCUT2D eigenvalue weighted by Gasteiger charge is 2.19. The fraction of sp³-hybridized carbons (Fsp3) is 0.190. The van der Waals surface area contributed by atoms with Crippen LogP contribution in [0.15, 0.2) is 53.3 Å². The van der Waals surface area contributed by atoms with Gasteiger partial charge < -0.3 is 20.5 Å². The number of aromatic amines is 1. The number of piperazine rings is 1. The first-order valence-electron chi connectivity index (χ1n) is 9.21. The standard InChI is InChI=1S/C21H19ClN4O3/c22-16-11-15(5-6-18(16)26-8-7-23-20(28)12-26)24-19(27)10-14-9-13-3-1-2-4-17(13)25-21(14)29/h1-6,9,11H,7-8,10,12H2,(H,23,28)(H,24,27)(H,25,29). The van der Waals surface area contributed by atoms with E-state index in [2.05, 4.69) is 15.6 Å². The molecule has 2 aromatic carbocycles. The van der Waals surface area contributed by atoms with Gasteiger partial charge in [-0.1, -0.05) is 29.8 Å². The normalized spacial score (nSPS) is 14.0. The molecule has 8 heteroatoms. The number of aromatic nitrogens is 1. The Balaban J connectivity index is 1.47. The highest BCUT2D eigenvalue weighted by Crippen LogP contribution is 2.29. The summed E-state index contributed by atoms with van der Waals surface area (Å²) < 4.78 is 0. The van der Waals surface area contributed by atoms with Crippen LogP contribution >= 0.6 is 11.6 Å². The van der Waals surface area contributed by atoms with Crippen molar-refractivity contribution >= 4 is 45.7 Å². The van der Waals surface area contributed by atoms with Crippen LogP contribution in [0.5, 0.6) is 0 Å². The van der Waals surface area contributed by atoms with Crippen molar-refractivity contribution in [2.45, 2.75) is 6.42 Å². The molecule has 29 heavy (non-hydrogen) atoms. The van der Waals surface area contributed by atoms with Gasteiger partial charge in [-0.15, -0.1) is 0 Å². The molecule has 1 aromatic heterocycles. The Labute approximate surface area is 171 Å². The average Bonchev–Trinajstić information content (AvgIpc) is 2.68. The SMILES string of the molecule is O=C1CN(c2ccc(NC(=O)Cc3cc4ccccc4[nH]c3=O)cc2Cl)CCN1. The Morgan fingerprint density at radius 3 is 2.76 bits per heavy atom. The van der Waals surface area contributed by atoms with Crippen molar-refractivity contribution < 1.29 is 9.59 Å². The van der Waals surface area contributed by atoms with E-state index in [9.17, 15) is 14.4 Å². The molecule has 0 atom stereocenters. The van der Waals surface area contributed by atoms with Crippen LogP contribution in [0, 0.1) is 0 Å². The summed E-state index contributed by atoms with van der Waals surface area (Å²) in [6.45, 7) is 1.48. The Hall–Kier alpha value is -3.32. The molecule has 3 N–H and O–H groups in total. The van der Waals surface area contributed by atoms with Crippen LogP contribution in [0.2, 0.25) is 5.02 Å². The molecule has 1 fully saturated rings. The lowest BCUT2D eigenvalue weighted by Gasteiger charge is -2.29. The lowest BCUT2D eigenvalue weighted by Crippen LogP contribution is -2.47. The van der Waals surface area contributed by atoms with Crippen molar-refractivity contribution in [3.63, 3.8) is 0 Å². The zero-order chi connectivity index (χ0) is 20.4. The predicted octanol–water partition coefficient (Wildman–Crippen LogP) is 2.30. The van der Waals surface area contributed by atoms with Crippen molar-refractivity contribution in [2.75, 3.05) is 29.9 Å². The van der Waals surface area contributed by atoms with E-state index in [1.807, 2.05) is 29.2 Å². The van der Waals surface area contributed by atoms with Crippen molar-refractivity contribution in [3.8, 4) is 0 Å². The summed E-state index contributed by atoms with van der Waals surface area (Å²) in [6.07, 6.45) is -0.0498. The molecule has 1 aliphatic heterocycles. The molecule has 0 aliphatic carbocycles. The van der Waals surface area contributed by atoms with Gasteiger partial charge in [-0.05, 0) is 35.7 Å². The van der Waals surface area contributed by atoms with E-state index < -0.39 is 0 Å². The molecule has 0 radical (unpaired) electrons. The Kier molecular flexibility index (Phi) is 5.22. The van der Waals surface area contributed by atoms with Gasteiger partial charge in [-0.2, -0.15) is 0 Å². The minimum Gasteiger partial charge on any atom is -0.359 e. The first-order valence-corrected chi connectivity index (χ1v) is 9.59. The van der Waals surface area contributed by atoms with Gasteiger partial charge in [-0.25, -0.2) is 0 Å². The lowest BCUT2D eigenvalue weighted by atomic mass is 10.1. The number of carbonyl (C=O) groups is 2. The molecule has 0 bridgehead atoms. The van der Waals surface area contributed by atoms with E-state index in [1.54, 1.807) is 24.3 Å². The molecular formula is C21H19ClN4O3. The van der Waals surface area contributed by atoms with E-state index in [0.29, 0.717) is 29.4 Å². The number of fused-ring (bicyclic) bond motifs is 1. The van der Waals surface area contributed by atoms with Gasteiger partial charge in [0.05, 0.1) is 23.7 Å². The largest absolute Gasteiger partial charge is 0.359 e. The molecule has 3 aromatic rings. The summed E-state index contributed by atoms with van der Waals surface area (Å²) >= 11 is 6.36. The second-order valence-electron chi connectivity index (χ2n) is 6.87. The number of rotatable bonds is 4. The highest BCUT2D eigenvalue weighted by atomic mass is 35.5. The number of hydrogen-bond donors (Lipinski definition) is 3. The fourth-order valence-corrected chi connectivity index (χ4v) is 3.69. The third-order valence-electron chi connectivity index (χ3n) is 4.79. The summed E-state index contributed by atoms with van der Waals surface area (Å²) in [5.74, 6) is -0.364. The quantitative estimate of drug-likeness (QED) is 0.615. The topological polar surface area (TPSA) is 94.3 Å². The Bertz CT molecular complexity index is 1160. The monoisotopic (exact) mass is 410 g/mol. The van der Waals surface area contributed by atoms with E-state index in [0.717, 1.165) is 16.6 Å². The first-order chi connectivity index (χ1) is 14.0. The molecule has 0 unspecified atom stereocenters. The molecule has 1 saturated heterocycles. The van der Waals surface area contributed by atoms with Crippen LogP contribution in [0.25, 0.3) is 10.9 Å². The van der Waals surface area contributed by atoms with Gasteiger partial charge in [0.25, 0.3) is 5.56 Å². The number of carbonyl (C=O) groups excluding carboxylic acids is 2. The van der Waals surface area contributed by atoms with Crippen molar-refractivity contribution in [1.29, 1.82) is 0 Å². The molecule has 1 aliphatic rings. The minimum atomic E-state index is -0.313. The number of hydrogen-bond acceptors (Lipinski definition) is 4. The number of nitrogens with one attached hydrogen (secondary N) is 3. The summed E-state index contributed by atoms with van der Waals surface area (Å²) in [7, 11) is 0. The van der Waals surface area contributed by atoms with E-state index in [1.165, 1.54) is 0 Å². The fourth-order valence-electron chi connectivity index (χ4n) is 3.39. The molecule has 0 saturated carbocycles. The number of halogens is 1. The smallest absolute Gasteiger partial charge is 0.252 e. The van der Waals surface area contributed by atoms with Crippen LogP contribution in [0.1, 0.15) is 5.56 Å². The van der Waals surface area contributed by atoms with E-state index in [4.69, 9.17) is 11.6 Å².